The van der Waals surface area contributed by atoms with Gasteiger partial charge in [0.15, 0.2) is 6.10 Å². The van der Waals surface area contributed by atoms with Crippen LogP contribution >= 0.6 is 0 Å². The lowest BCUT2D eigenvalue weighted by Gasteiger charge is -2.44. The first-order valence-electron chi connectivity index (χ1n) is 9.86. The molecular weight excluding hydrogens is 336 g/mol. The highest BCUT2D eigenvalue weighted by atomic mass is 28.4. The molecule has 0 spiro atoms. The average Bonchev–Trinajstić information content (AvgIpc) is 2.97. The predicted molar refractivity (Wildman–Crippen MR) is 111 cm³/mol. The first-order chi connectivity index (χ1) is 12.4. The standard InChI is InChI=1S/C23H32O2Si/c1-16(2)26(17(3)4,18(5)6)25-23-20-14-10-11-15-21(20)24-22(23)19-12-8-7-9-13-19/h7-18,22-23H,1-6H3/t22-,23+/m0/s1. The molecule has 0 bridgehead atoms. The molecule has 3 heteroatoms. The van der Waals surface area contributed by atoms with Crippen molar-refractivity contribution in [3.8, 4) is 5.75 Å². The molecule has 0 aliphatic carbocycles. The molecule has 2 aromatic rings. The summed E-state index contributed by atoms with van der Waals surface area (Å²) < 4.78 is 13.6. The van der Waals surface area contributed by atoms with E-state index in [9.17, 15) is 0 Å². The summed E-state index contributed by atoms with van der Waals surface area (Å²) in [6.07, 6.45) is -0.107. The SMILES string of the molecule is CC(C)[Si](O[C@@H]1c2ccccc2O[C@H]1c1ccccc1)(C(C)C)C(C)C. The minimum atomic E-state index is -2.02. The van der Waals surface area contributed by atoms with Crippen molar-refractivity contribution in [1.29, 1.82) is 0 Å². The van der Waals surface area contributed by atoms with Gasteiger partial charge in [-0.25, -0.2) is 0 Å². The zero-order valence-electron chi connectivity index (χ0n) is 16.9. The van der Waals surface area contributed by atoms with Gasteiger partial charge in [-0.1, -0.05) is 90.1 Å². The number of rotatable bonds is 6. The number of benzene rings is 2. The molecule has 0 radical (unpaired) electrons. The molecule has 0 saturated carbocycles. The van der Waals surface area contributed by atoms with Crippen molar-refractivity contribution in [2.75, 3.05) is 0 Å². The van der Waals surface area contributed by atoms with Crippen LogP contribution in [0, 0.1) is 0 Å². The van der Waals surface area contributed by atoms with Crippen molar-refractivity contribution in [1.82, 2.24) is 0 Å². The summed E-state index contributed by atoms with van der Waals surface area (Å²) in [5, 5.41) is 0. The molecule has 0 saturated heterocycles. The minimum absolute atomic E-state index is 0.0348. The summed E-state index contributed by atoms with van der Waals surface area (Å²) in [5.41, 5.74) is 4.03. The highest BCUT2D eigenvalue weighted by molar-refractivity contribution is 6.77. The molecule has 140 valence electrons. The monoisotopic (exact) mass is 368 g/mol. The number of fused-ring (bicyclic) bond motifs is 1. The van der Waals surface area contributed by atoms with E-state index in [-0.39, 0.29) is 12.2 Å². The Hall–Kier alpha value is -1.58. The van der Waals surface area contributed by atoms with Crippen molar-refractivity contribution in [3.63, 3.8) is 0 Å². The zero-order valence-corrected chi connectivity index (χ0v) is 17.9. The lowest BCUT2D eigenvalue weighted by Crippen LogP contribution is -2.49. The molecule has 0 unspecified atom stereocenters. The fraction of sp³-hybridized carbons (Fsp3) is 0.478. The van der Waals surface area contributed by atoms with Gasteiger partial charge in [0.05, 0.1) is 0 Å². The maximum Gasteiger partial charge on any atom is 0.201 e. The number of para-hydroxylation sites is 1. The largest absolute Gasteiger partial charge is 0.482 e. The first kappa shape index (κ1) is 19.2. The zero-order chi connectivity index (χ0) is 18.9. The van der Waals surface area contributed by atoms with E-state index >= 15 is 0 Å². The summed E-state index contributed by atoms with van der Waals surface area (Å²) in [5.74, 6) is 0.963. The first-order valence-corrected chi connectivity index (χ1v) is 12.0. The summed E-state index contributed by atoms with van der Waals surface area (Å²) in [7, 11) is -2.02. The lowest BCUT2D eigenvalue weighted by molar-refractivity contribution is 0.0717. The topological polar surface area (TPSA) is 18.5 Å². The fourth-order valence-electron chi connectivity index (χ4n) is 4.82. The molecule has 0 N–H and O–H groups in total. The third-order valence-electron chi connectivity index (χ3n) is 5.92. The van der Waals surface area contributed by atoms with Crippen molar-refractivity contribution in [2.24, 2.45) is 0 Å². The van der Waals surface area contributed by atoms with Crippen LogP contribution in [0.4, 0.5) is 0 Å². The Morgan fingerprint density at radius 3 is 1.88 bits per heavy atom. The van der Waals surface area contributed by atoms with Crippen LogP contribution < -0.4 is 4.74 Å². The van der Waals surface area contributed by atoms with Gasteiger partial charge in [-0.05, 0) is 28.3 Å². The van der Waals surface area contributed by atoms with Crippen LogP contribution in [0.2, 0.25) is 16.6 Å². The van der Waals surface area contributed by atoms with Crippen LogP contribution in [-0.4, -0.2) is 8.32 Å². The average molecular weight is 369 g/mol. The summed E-state index contributed by atoms with van der Waals surface area (Å²) >= 11 is 0. The fourth-order valence-corrected chi connectivity index (χ4v) is 10.3. The second kappa shape index (κ2) is 7.57. The van der Waals surface area contributed by atoms with Crippen LogP contribution in [0.1, 0.15) is 64.9 Å². The van der Waals surface area contributed by atoms with Crippen molar-refractivity contribution >= 4 is 8.32 Å². The van der Waals surface area contributed by atoms with Gasteiger partial charge in [-0.2, -0.15) is 0 Å². The highest BCUT2D eigenvalue weighted by Crippen LogP contribution is 2.52. The smallest absolute Gasteiger partial charge is 0.201 e. The van der Waals surface area contributed by atoms with Gasteiger partial charge < -0.3 is 9.16 Å². The number of hydrogen-bond acceptors (Lipinski definition) is 2. The number of hydrogen-bond donors (Lipinski definition) is 0. The summed E-state index contributed by atoms with van der Waals surface area (Å²) in [6.45, 7) is 14.0. The molecule has 0 fully saturated rings. The Morgan fingerprint density at radius 2 is 1.31 bits per heavy atom. The molecule has 26 heavy (non-hydrogen) atoms. The molecule has 0 amide bonds. The quantitative estimate of drug-likeness (QED) is 0.508. The minimum Gasteiger partial charge on any atom is -0.482 e. The Bertz CT molecular complexity index is 702. The molecule has 2 atom stereocenters. The van der Waals surface area contributed by atoms with Crippen molar-refractivity contribution in [2.45, 2.75) is 70.4 Å². The van der Waals surface area contributed by atoms with Gasteiger partial charge in [-0.15, -0.1) is 0 Å². The third kappa shape index (κ3) is 3.23. The maximum atomic E-state index is 7.19. The van der Waals surface area contributed by atoms with Gasteiger partial charge in [0.2, 0.25) is 8.32 Å². The highest BCUT2D eigenvalue weighted by Gasteiger charge is 2.50. The van der Waals surface area contributed by atoms with E-state index in [1.165, 1.54) is 11.1 Å². The second-order valence-electron chi connectivity index (χ2n) is 8.34. The summed E-state index contributed by atoms with van der Waals surface area (Å²) in [6, 6.07) is 18.9. The van der Waals surface area contributed by atoms with E-state index in [1.54, 1.807) is 0 Å². The Balaban J connectivity index is 2.06. The van der Waals surface area contributed by atoms with Gasteiger partial charge in [0.25, 0.3) is 0 Å². The van der Waals surface area contributed by atoms with Gasteiger partial charge in [0, 0.05) is 5.56 Å². The van der Waals surface area contributed by atoms with Crippen molar-refractivity contribution in [3.05, 3.63) is 65.7 Å². The molecule has 1 heterocycles. The van der Waals surface area contributed by atoms with Crippen LogP contribution in [-0.2, 0) is 4.43 Å². The molecular formula is C23H32O2Si. The molecule has 0 aromatic heterocycles. The molecule has 2 aromatic carbocycles. The second-order valence-corrected chi connectivity index (χ2v) is 13.7. The Kier molecular flexibility index (Phi) is 5.59. The van der Waals surface area contributed by atoms with Crippen LogP contribution in [0.25, 0.3) is 0 Å². The lowest BCUT2D eigenvalue weighted by atomic mass is 10.0. The van der Waals surface area contributed by atoms with Crippen LogP contribution in [0.3, 0.4) is 0 Å². The van der Waals surface area contributed by atoms with Crippen LogP contribution in [0.5, 0.6) is 5.75 Å². The van der Waals surface area contributed by atoms with E-state index in [0.717, 1.165) is 5.75 Å². The van der Waals surface area contributed by atoms with E-state index in [0.29, 0.717) is 16.6 Å². The van der Waals surface area contributed by atoms with E-state index < -0.39 is 8.32 Å². The maximum absolute atomic E-state index is 7.19. The summed E-state index contributed by atoms with van der Waals surface area (Å²) in [4.78, 5) is 0. The van der Waals surface area contributed by atoms with E-state index in [4.69, 9.17) is 9.16 Å². The van der Waals surface area contributed by atoms with E-state index in [1.807, 2.05) is 6.07 Å². The predicted octanol–water partition coefficient (Wildman–Crippen LogP) is 7.05. The molecule has 1 aliphatic rings. The number of ether oxygens (including phenoxy) is 1. The van der Waals surface area contributed by atoms with Gasteiger partial charge in [-0.3, -0.25) is 0 Å². The normalized spacial score (nSPS) is 19.9. The van der Waals surface area contributed by atoms with Crippen LogP contribution in [0.15, 0.2) is 54.6 Å². The van der Waals surface area contributed by atoms with Gasteiger partial charge >= 0.3 is 0 Å². The van der Waals surface area contributed by atoms with Crippen molar-refractivity contribution < 1.29 is 9.16 Å². The molecule has 1 aliphatic heterocycles. The Labute approximate surface area is 159 Å². The Morgan fingerprint density at radius 1 is 0.769 bits per heavy atom. The van der Waals surface area contributed by atoms with E-state index in [2.05, 4.69) is 90.1 Å². The molecule has 3 rings (SSSR count). The van der Waals surface area contributed by atoms with Gasteiger partial charge in [0.1, 0.15) is 11.9 Å². The molecule has 2 nitrogen and oxygen atoms in total. The third-order valence-corrected chi connectivity index (χ3v) is 12.0.